The number of piperidine rings is 1. The van der Waals surface area contributed by atoms with Crippen molar-refractivity contribution in [3.05, 3.63) is 34.3 Å². The minimum Gasteiger partial charge on any atom is -0.350 e. The van der Waals surface area contributed by atoms with Gasteiger partial charge in [0.25, 0.3) is 0 Å². The first-order valence-corrected chi connectivity index (χ1v) is 7.70. The standard InChI is InChI=1S/C15H21BrN2O/c1-11(13-2-4-14(16)5-3-13)18-15(19)10-12-6-8-17-9-7-12/h2-5,11-12,17H,6-10H2,1H3,(H,18,19). The molecule has 1 heterocycles. The molecule has 0 radical (unpaired) electrons. The highest BCUT2D eigenvalue weighted by molar-refractivity contribution is 9.10. The molecule has 1 saturated heterocycles. The van der Waals surface area contributed by atoms with Gasteiger partial charge in [-0.1, -0.05) is 28.1 Å². The van der Waals surface area contributed by atoms with Crippen LogP contribution in [0.1, 0.15) is 37.8 Å². The minimum absolute atomic E-state index is 0.0716. The number of halogens is 1. The summed E-state index contributed by atoms with van der Waals surface area (Å²) in [5, 5.41) is 6.41. The summed E-state index contributed by atoms with van der Waals surface area (Å²) < 4.78 is 1.06. The summed E-state index contributed by atoms with van der Waals surface area (Å²) in [6.07, 6.45) is 2.88. The van der Waals surface area contributed by atoms with Crippen LogP contribution in [0.15, 0.2) is 28.7 Å². The molecule has 1 atom stereocenters. The maximum absolute atomic E-state index is 12.0. The van der Waals surface area contributed by atoms with Crippen LogP contribution in [0.2, 0.25) is 0 Å². The molecular formula is C15H21BrN2O. The van der Waals surface area contributed by atoms with Gasteiger partial charge < -0.3 is 10.6 Å². The van der Waals surface area contributed by atoms with Gasteiger partial charge in [0.2, 0.25) is 5.91 Å². The molecule has 1 aromatic carbocycles. The number of hydrogen-bond donors (Lipinski definition) is 2. The monoisotopic (exact) mass is 324 g/mol. The van der Waals surface area contributed by atoms with E-state index in [1.807, 2.05) is 31.2 Å². The summed E-state index contributed by atoms with van der Waals surface area (Å²) in [5.74, 6) is 0.709. The number of hydrogen-bond acceptors (Lipinski definition) is 2. The number of carbonyl (C=O) groups is 1. The predicted octanol–water partition coefficient (Wildman–Crippen LogP) is 3.02. The third kappa shape index (κ3) is 4.62. The van der Waals surface area contributed by atoms with E-state index in [0.717, 1.165) is 36.0 Å². The second kappa shape index (κ2) is 7.06. The summed E-state index contributed by atoms with van der Waals surface area (Å²) in [6.45, 7) is 4.12. The van der Waals surface area contributed by atoms with E-state index in [4.69, 9.17) is 0 Å². The lowest BCUT2D eigenvalue weighted by Crippen LogP contribution is -2.33. The summed E-state index contributed by atoms with van der Waals surface area (Å²) in [5.41, 5.74) is 1.14. The Balaban J connectivity index is 1.82. The highest BCUT2D eigenvalue weighted by atomic mass is 79.9. The Labute approximate surface area is 123 Å². The molecule has 1 amide bonds. The maximum Gasteiger partial charge on any atom is 0.220 e. The van der Waals surface area contributed by atoms with Crippen molar-refractivity contribution >= 4 is 21.8 Å². The van der Waals surface area contributed by atoms with Crippen LogP contribution in [0.4, 0.5) is 0 Å². The fraction of sp³-hybridized carbons (Fsp3) is 0.533. The largest absolute Gasteiger partial charge is 0.350 e. The van der Waals surface area contributed by atoms with Crippen molar-refractivity contribution in [3.63, 3.8) is 0 Å². The maximum atomic E-state index is 12.0. The smallest absolute Gasteiger partial charge is 0.220 e. The van der Waals surface area contributed by atoms with Gasteiger partial charge in [-0.2, -0.15) is 0 Å². The summed E-state index contributed by atoms with van der Waals surface area (Å²) in [7, 11) is 0. The fourth-order valence-electron chi connectivity index (χ4n) is 2.48. The SMILES string of the molecule is CC(NC(=O)CC1CCNCC1)c1ccc(Br)cc1. The van der Waals surface area contributed by atoms with Crippen LogP contribution in [0.5, 0.6) is 0 Å². The van der Waals surface area contributed by atoms with Gasteiger partial charge in [0, 0.05) is 10.9 Å². The molecule has 0 aliphatic carbocycles. The molecule has 3 nitrogen and oxygen atoms in total. The van der Waals surface area contributed by atoms with E-state index in [1.54, 1.807) is 0 Å². The molecule has 1 aromatic rings. The van der Waals surface area contributed by atoms with E-state index in [2.05, 4.69) is 26.6 Å². The molecule has 0 spiro atoms. The molecule has 1 fully saturated rings. The predicted molar refractivity (Wildman–Crippen MR) is 80.9 cm³/mol. The van der Waals surface area contributed by atoms with Gasteiger partial charge in [0.1, 0.15) is 0 Å². The molecule has 0 aromatic heterocycles. The van der Waals surface area contributed by atoms with E-state index >= 15 is 0 Å². The van der Waals surface area contributed by atoms with Crippen LogP contribution in [-0.4, -0.2) is 19.0 Å². The average molecular weight is 325 g/mol. The Hall–Kier alpha value is -0.870. The van der Waals surface area contributed by atoms with Crippen LogP contribution in [0.3, 0.4) is 0 Å². The van der Waals surface area contributed by atoms with Crippen molar-refractivity contribution < 1.29 is 4.79 Å². The van der Waals surface area contributed by atoms with Gasteiger partial charge in [0.15, 0.2) is 0 Å². The first-order valence-electron chi connectivity index (χ1n) is 6.90. The van der Waals surface area contributed by atoms with Gasteiger partial charge >= 0.3 is 0 Å². The lowest BCUT2D eigenvalue weighted by molar-refractivity contribution is -0.122. The Morgan fingerprint density at radius 3 is 2.63 bits per heavy atom. The molecular weight excluding hydrogens is 304 g/mol. The quantitative estimate of drug-likeness (QED) is 0.893. The van der Waals surface area contributed by atoms with E-state index in [1.165, 1.54) is 0 Å². The number of benzene rings is 1. The molecule has 1 aliphatic heterocycles. The van der Waals surface area contributed by atoms with Crippen LogP contribution < -0.4 is 10.6 Å². The number of amides is 1. The molecule has 4 heteroatoms. The zero-order chi connectivity index (χ0) is 13.7. The molecule has 2 rings (SSSR count). The minimum atomic E-state index is 0.0716. The lowest BCUT2D eigenvalue weighted by atomic mass is 9.94. The topological polar surface area (TPSA) is 41.1 Å². The molecule has 0 bridgehead atoms. The van der Waals surface area contributed by atoms with Gasteiger partial charge in [-0.05, 0) is 56.5 Å². The average Bonchev–Trinajstić information content (AvgIpc) is 2.40. The highest BCUT2D eigenvalue weighted by Crippen LogP contribution is 2.19. The van der Waals surface area contributed by atoms with Crippen molar-refractivity contribution in [1.29, 1.82) is 0 Å². The molecule has 1 unspecified atom stereocenters. The van der Waals surface area contributed by atoms with Crippen molar-refractivity contribution in [2.45, 2.75) is 32.2 Å². The number of rotatable bonds is 4. The van der Waals surface area contributed by atoms with Crippen molar-refractivity contribution in [2.24, 2.45) is 5.92 Å². The van der Waals surface area contributed by atoms with Crippen molar-refractivity contribution in [1.82, 2.24) is 10.6 Å². The van der Waals surface area contributed by atoms with E-state index < -0.39 is 0 Å². The molecule has 1 aliphatic rings. The molecule has 104 valence electrons. The van der Waals surface area contributed by atoms with E-state index in [9.17, 15) is 4.79 Å². The Kier molecular flexibility index (Phi) is 5.40. The molecule has 0 saturated carbocycles. The first kappa shape index (κ1) is 14.5. The number of carbonyl (C=O) groups excluding carboxylic acids is 1. The van der Waals surface area contributed by atoms with Gasteiger partial charge in [0.05, 0.1) is 6.04 Å². The molecule has 19 heavy (non-hydrogen) atoms. The highest BCUT2D eigenvalue weighted by Gasteiger charge is 2.18. The number of nitrogens with one attached hydrogen (secondary N) is 2. The summed E-state index contributed by atoms with van der Waals surface area (Å²) in [6, 6.07) is 8.16. The Morgan fingerprint density at radius 2 is 2.00 bits per heavy atom. The van der Waals surface area contributed by atoms with E-state index in [0.29, 0.717) is 12.3 Å². The zero-order valence-electron chi connectivity index (χ0n) is 11.3. The second-order valence-electron chi connectivity index (χ2n) is 5.24. The zero-order valence-corrected chi connectivity index (χ0v) is 12.9. The third-order valence-corrected chi connectivity index (χ3v) is 4.21. The van der Waals surface area contributed by atoms with Crippen LogP contribution in [0.25, 0.3) is 0 Å². The van der Waals surface area contributed by atoms with Crippen molar-refractivity contribution in [3.8, 4) is 0 Å². The Bertz CT molecular complexity index is 413. The van der Waals surface area contributed by atoms with Crippen LogP contribution >= 0.6 is 15.9 Å². The van der Waals surface area contributed by atoms with Gasteiger partial charge in [-0.15, -0.1) is 0 Å². The first-order chi connectivity index (χ1) is 9.15. The Morgan fingerprint density at radius 1 is 1.37 bits per heavy atom. The van der Waals surface area contributed by atoms with Gasteiger partial charge in [-0.3, -0.25) is 4.79 Å². The van der Waals surface area contributed by atoms with E-state index in [-0.39, 0.29) is 11.9 Å². The summed E-state index contributed by atoms with van der Waals surface area (Å²) in [4.78, 5) is 12.0. The normalized spacial score (nSPS) is 18.0. The lowest BCUT2D eigenvalue weighted by Gasteiger charge is -2.23. The van der Waals surface area contributed by atoms with Crippen LogP contribution in [-0.2, 0) is 4.79 Å². The molecule has 2 N–H and O–H groups in total. The second-order valence-corrected chi connectivity index (χ2v) is 6.15. The summed E-state index contributed by atoms with van der Waals surface area (Å²) >= 11 is 3.42. The fourth-order valence-corrected chi connectivity index (χ4v) is 2.75. The third-order valence-electron chi connectivity index (χ3n) is 3.68. The van der Waals surface area contributed by atoms with Gasteiger partial charge in [-0.25, -0.2) is 0 Å². The van der Waals surface area contributed by atoms with Crippen molar-refractivity contribution in [2.75, 3.05) is 13.1 Å². The van der Waals surface area contributed by atoms with Crippen LogP contribution in [0, 0.1) is 5.92 Å².